The Hall–Kier alpha value is -0.590. The Morgan fingerprint density at radius 2 is 1.94 bits per heavy atom. The average molecular weight is 223 g/mol. The van der Waals surface area contributed by atoms with Gasteiger partial charge in [0.15, 0.2) is 0 Å². The standard InChI is InChI=1S/C13H25N3/c1-12(2,11-14)5-8-16-9-6-13(3,15-4)7-10-16/h15H,5-10H2,1-4H3. The van der Waals surface area contributed by atoms with E-state index in [9.17, 15) is 0 Å². The third-order valence-corrected chi connectivity index (χ3v) is 3.92. The van der Waals surface area contributed by atoms with Crippen LogP contribution in [-0.4, -0.2) is 37.1 Å². The highest BCUT2D eigenvalue weighted by Gasteiger charge is 2.28. The number of nitriles is 1. The van der Waals surface area contributed by atoms with Gasteiger partial charge in [0.2, 0.25) is 0 Å². The van der Waals surface area contributed by atoms with E-state index in [1.165, 1.54) is 12.8 Å². The molecular weight excluding hydrogens is 198 g/mol. The minimum atomic E-state index is -0.177. The number of hydrogen-bond donors (Lipinski definition) is 1. The average Bonchev–Trinajstić information content (AvgIpc) is 2.29. The van der Waals surface area contributed by atoms with Gasteiger partial charge in [-0.2, -0.15) is 5.26 Å². The molecule has 0 bridgehead atoms. The Labute approximate surface area is 99.8 Å². The SMILES string of the molecule is CNC1(C)CCN(CCC(C)(C)C#N)CC1. The Balaban J connectivity index is 2.31. The van der Waals surface area contributed by atoms with Gasteiger partial charge < -0.3 is 10.2 Å². The molecule has 1 aliphatic rings. The van der Waals surface area contributed by atoms with Gasteiger partial charge in [-0.1, -0.05) is 0 Å². The first-order chi connectivity index (χ1) is 7.41. The minimum Gasteiger partial charge on any atom is -0.314 e. The highest BCUT2D eigenvalue weighted by Crippen LogP contribution is 2.24. The molecule has 0 aromatic carbocycles. The van der Waals surface area contributed by atoms with Crippen LogP contribution >= 0.6 is 0 Å². The molecule has 0 aliphatic carbocycles. The van der Waals surface area contributed by atoms with E-state index in [0.29, 0.717) is 5.54 Å². The lowest BCUT2D eigenvalue weighted by Crippen LogP contribution is -2.50. The van der Waals surface area contributed by atoms with Crippen molar-refractivity contribution < 1.29 is 0 Å². The van der Waals surface area contributed by atoms with E-state index in [4.69, 9.17) is 5.26 Å². The Kier molecular flexibility index (Phi) is 4.35. The van der Waals surface area contributed by atoms with Crippen LogP contribution in [0.15, 0.2) is 0 Å². The van der Waals surface area contributed by atoms with Gasteiger partial charge in [-0.15, -0.1) is 0 Å². The Bertz CT molecular complexity index is 257. The second-order valence-electron chi connectivity index (χ2n) is 5.90. The highest BCUT2D eigenvalue weighted by molar-refractivity contribution is 4.93. The second kappa shape index (κ2) is 5.16. The zero-order chi connectivity index (χ0) is 12.2. The van der Waals surface area contributed by atoms with Crippen molar-refractivity contribution in [3.8, 4) is 6.07 Å². The molecule has 92 valence electrons. The second-order valence-corrected chi connectivity index (χ2v) is 5.90. The third kappa shape index (κ3) is 3.77. The number of likely N-dealkylation sites (tertiary alicyclic amines) is 1. The predicted molar refractivity (Wildman–Crippen MR) is 67.1 cm³/mol. The molecule has 0 radical (unpaired) electrons. The van der Waals surface area contributed by atoms with Crippen molar-refractivity contribution in [1.29, 1.82) is 5.26 Å². The zero-order valence-electron chi connectivity index (χ0n) is 11.1. The molecule has 0 aromatic heterocycles. The van der Waals surface area contributed by atoms with Gasteiger partial charge in [0, 0.05) is 5.54 Å². The molecule has 0 atom stereocenters. The molecule has 1 saturated heterocycles. The highest BCUT2D eigenvalue weighted by atomic mass is 15.1. The summed E-state index contributed by atoms with van der Waals surface area (Å²) in [5.41, 5.74) is 0.144. The molecule has 1 fully saturated rings. The summed E-state index contributed by atoms with van der Waals surface area (Å²) in [7, 11) is 2.05. The molecule has 1 heterocycles. The van der Waals surface area contributed by atoms with Crippen molar-refractivity contribution in [1.82, 2.24) is 10.2 Å². The summed E-state index contributed by atoms with van der Waals surface area (Å²) in [6, 6.07) is 2.37. The van der Waals surface area contributed by atoms with Gasteiger partial charge in [0.25, 0.3) is 0 Å². The molecular formula is C13H25N3. The van der Waals surface area contributed by atoms with E-state index >= 15 is 0 Å². The van der Waals surface area contributed by atoms with Crippen molar-refractivity contribution in [2.24, 2.45) is 5.41 Å². The molecule has 1 rings (SSSR count). The maximum absolute atomic E-state index is 8.97. The van der Waals surface area contributed by atoms with E-state index in [0.717, 1.165) is 26.1 Å². The van der Waals surface area contributed by atoms with Crippen LogP contribution in [0.2, 0.25) is 0 Å². The van der Waals surface area contributed by atoms with Crippen molar-refractivity contribution in [2.45, 2.75) is 45.6 Å². The quantitative estimate of drug-likeness (QED) is 0.792. The van der Waals surface area contributed by atoms with E-state index in [1.54, 1.807) is 0 Å². The van der Waals surface area contributed by atoms with Crippen molar-refractivity contribution >= 4 is 0 Å². The van der Waals surface area contributed by atoms with Crippen molar-refractivity contribution in [2.75, 3.05) is 26.7 Å². The molecule has 0 unspecified atom stereocenters. The summed E-state index contributed by atoms with van der Waals surface area (Å²) in [6.45, 7) is 9.70. The lowest BCUT2D eigenvalue weighted by Gasteiger charge is -2.39. The lowest BCUT2D eigenvalue weighted by atomic mass is 9.88. The molecule has 1 aliphatic heterocycles. The molecule has 1 N–H and O–H groups in total. The molecule has 0 aromatic rings. The monoisotopic (exact) mass is 223 g/mol. The van der Waals surface area contributed by atoms with Crippen LogP contribution in [0.25, 0.3) is 0 Å². The molecule has 3 nitrogen and oxygen atoms in total. The van der Waals surface area contributed by atoms with E-state index in [1.807, 2.05) is 13.8 Å². The van der Waals surface area contributed by atoms with E-state index < -0.39 is 0 Å². The number of nitrogens with one attached hydrogen (secondary N) is 1. The summed E-state index contributed by atoms with van der Waals surface area (Å²) >= 11 is 0. The van der Waals surface area contributed by atoms with Gasteiger partial charge in [-0.25, -0.2) is 0 Å². The zero-order valence-corrected chi connectivity index (χ0v) is 11.1. The molecule has 0 saturated carbocycles. The molecule has 16 heavy (non-hydrogen) atoms. The summed E-state index contributed by atoms with van der Waals surface area (Å²) in [5, 5.41) is 12.4. The van der Waals surface area contributed by atoms with Gasteiger partial charge >= 0.3 is 0 Å². The summed E-state index contributed by atoms with van der Waals surface area (Å²) in [5.74, 6) is 0. The fourth-order valence-electron chi connectivity index (χ4n) is 2.01. The topological polar surface area (TPSA) is 39.1 Å². The first-order valence-electron chi connectivity index (χ1n) is 6.23. The number of piperidine rings is 1. The third-order valence-electron chi connectivity index (χ3n) is 3.92. The first-order valence-corrected chi connectivity index (χ1v) is 6.23. The maximum atomic E-state index is 8.97. The molecule has 0 spiro atoms. The van der Waals surface area contributed by atoms with Gasteiger partial charge in [0.1, 0.15) is 0 Å². The van der Waals surface area contributed by atoms with Gasteiger partial charge in [-0.05, 0) is 66.7 Å². The minimum absolute atomic E-state index is 0.177. The summed E-state index contributed by atoms with van der Waals surface area (Å²) < 4.78 is 0. The smallest absolute Gasteiger partial charge is 0.0684 e. The van der Waals surface area contributed by atoms with Crippen molar-refractivity contribution in [3.05, 3.63) is 0 Å². The largest absolute Gasteiger partial charge is 0.314 e. The van der Waals surface area contributed by atoms with Crippen LogP contribution in [-0.2, 0) is 0 Å². The molecule has 3 heteroatoms. The summed E-state index contributed by atoms with van der Waals surface area (Å²) in [6.07, 6.45) is 3.38. The van der Waals surface area contributed by atoms with Crippen LogP contribution in [0.4, 0.5) is 0 Å². The van der Waals surface area contributed by atoms with Gasteiger partial charge in [-0.3, -0.25) is 0 Å². The van der Waals surface area contributed by atoms with E-state index in [-0.39, 0.29) is 5.41 Å². The number of nitrogens with zero attached hydrogens (tertiary/aromatic N) is 2. The number of hydrogen-bond acceptors (Lipinski definition) is 3. The van der Waals surface area contributed by atoms with E-state index in [2.05, 4.69) is 30.3 Å². The van der Waals surface area contributed by atoms with Crippen LogP contribution in [0.1, 0.15) is 40.0 Å². The first kappa shape index (κ1) is 13.5. The Morgan fingerprint density at radius 1 is 1.38 bits per heavy atom. The van der Waals surface area contributed by atoms with Gasteiger partial charge in [0.05, 0.1) is 11.5 Å². The maximum Gasteiger partial charge on any atom is 0.0684 e. The van der Waals surface area contributed by atoms with Crippen molar-refractivity contribution in [3.63, 3.8) is 0 Å². The number of rotatable bonds is 4. The Morgan fingerprint density at radius 3 is 2.38 bits per heavy atom. The predicted octanol–water partition coefficient (Wildman–Crippen LogP) is 2.00. The lowest BCUT2D eigenvalue weighted by molar-refractivity contribution is 0.142. The fourth-order valence-corrected chi connectivity index (χ4v) is 2.01. The normalized spacial score (nSPS) is 21.7. The van der Waals surface area contributed by atoms with Crippen LogP contribution < -0.4 is 5.32 Å². The van der Waals surface area contributed by atoms with Crippen LogP contribution in [0.5, 0.6) is 0 Å². The van der Waals surface area contributed by atoms with Crippen LogP contribution in [0, 0.1) is 16.7 Å². The molecule has 0 amide bonds. The summed E-state index contributed by atoms with van der Waals surface area (Å²) in [4.78, 5) is 2.48. The van der Waals surface area contributed by atoms with Crippen LogP contribution in [0.3, 0.4) is 0 Å². The fraction of sp³-hybridized carbons (Fsp3) is 0.923.